The lowest BCUT2D eigenvalue weighted by molar-refractivity contribution is -0.144. The highest BCUT2D eigenvalue weighted by Crippen LogP contribution is 2.13. The van der Waals surface area contributed by atoms with Crippen LogP contribution in [0.4, 0.5) is 0 Å². The van der Waals surface area contributed by atoms with Gasteiger partial charge in [-0.3, -0.25) is 10.1 Å². The molecule has 0 aliphatic heterocycles. The SMILES string of the molecule is CCC(C)(NCc1ccc(Br)cc1)C(=O)O. The van der Waals surface area contributed by atoms with Crippen LogP contribution in [0, 0.1) is 0 Å². The number of halogens is 1. The Balaban J connectivity index is 2.63. The standard InChI is InChI=1S/C12H16BrNO2/c1-3-12(2,11(15)16)14-8-9-4-6-10(13)7-5-9/h4-7,14H,3,8H2,1-2H3,(H,15,16). The Bertz CT molecular complexity index is 364. The summed E-state index contributed by atoms with van der Waals surface area (Å²) in [4.78, 5) is 11.1. The van der Waals surface area contributed by atoms with Gasteiger partial charge in [-0.15, -0.1) is 0 Å². The summed E-state index contributed by atoms with van der Waals surface area (Å²) in [7, 11) is 0. The fraction of sp³-hybridized carbons (Fsp3) is 0.417. The third-order valence-electron chi connectivity index (χ3n) is 2.78. The van der Waals surface area contributed by atoms with Crippen LogP contribution in [0.2, 0.25) is 0 Å². The van der Waals surface area contributed by atoms with Gasteiger partial charge < -0.3 is 5.11 Å². The van der Waals surface area contributed by atoms with Crippen LogP contribution in [0.5, 0.6) is 0 Å². The summed E-state index contributed by atoms with van der Waals surface area (Å²) in [5, 5.41) is 12.2. The van der Waals surface area contributed by atoms with Crippen LogP contribution < -0.4 is 5.32 Å². The van der Waals surface area contributed by atoms with E-state index in [1.54, 1.807) is 6.92 Å². The number of rotatable bonds is 5. The van der Waals surface area contributed by atoms with Gasteiger partial charge in [-0.2, -0.15) is 0 Å². The minimum absolute atomic E-state index is 0.554. The number of aliphatic carboxylic acids is 1. The number of benzene rings is 1. The van der Waals surface area contributed by atoms with Gasteiger partial charge >= 0.3 is 5.97 Å². The van der Waals surface area contributed by atoms with E-state index in [0.717, 1.165) is 10.0 Å². The molecule has 0 radical (unpaired) electrons. The third kappa shape index (κ3) is 3.32. The summed E-state index contributed by atoms with van der Waals surface area (Å²) in [5.41, 5.74) is 0.219. The monoisotopic (exact) mass is 285 g/mol. The fourth-order valence-corrected chi connectivity index (χ4v) is 1.52. The van der Waals surface area contributed by atoms with Gasteiger partial charge in [0.25, 0.3) is 0 Å². The molecule has 1 aromatic rings. The molecule has 0 bridgehead atoms. The summed E-state index contributed by atoms with van der Waals surface area (Å²) in [6, 6.07) is 7.83. The lowest BCUT2D eigenvalue weighted by Crippen LogP contribution is -2.48. The Labute approximate surface area is 104 Å². The molecule has 0 fully saturated rings. The molecule has 0 heterocycles. The molecule has 0 aromatic heterocycles. The molecule has 1 rings (SSSR count). The minimum atomic E-state index is -0.854. The summed E-state index contributed by atoms with van der Waals surface area (Å²) in [5.74, 6) is -0.813. The number of carboxylic acid groups (broad SMARTS) is 1. The number of nitrogens with one attached hydrogen (secondary N) is 1. The van der Waals surface area contributed by atoms with Gasteiger partial charge in [0.15, 0.2) is 0 Å². The summed E-state index contributed by atoms with van der Waals surface area (Å²) in [6.45, 7) is 4.13. The summed E-state index contributed by atoms with van der Waals surface area (Å²) < 4.78 is 1.02. The van der Waals surface area contributed by atoms with Gasteiger partial charge in [0.2, 0.25) is 0 Å². The molecule has 0 amide bonds. The molecule has 0 saturated carbocycles. The molecule has 4 heteroatoms. The van der Waals surface area contributed by atoms with E-state index in [1.165, 1.54) is 0 Å². The number of hydrogen-bond acceptors (Lipinski definition) is 2. The lowest BCUT2D eigenvalue weighted by atomic mass is 9.99. The van der Waals surface area contributed by atoms with Crippen LogP contribution in [0.3, 0.4) is 0 Å². The van der Waals surface area contributed by atoms with Crippen molar-refractivity contribution in [3.05, 3.63) is 34.3 Å². The molecule has 16 heavy (non-hydrogen) atoms. The molecule has 88 valence electrons. The highest BCUT2D eigenvalue weighted by molar-refractivity contribution is 9.10. The fourth-order valence-electron chi connectivity index (χ4n) is 1.25. The van der Waals surface area contributed by atoms with Crippen molar-refractivity contribution in [3.8, 4) is 0 Å². The van der Waals surface area contributed by atoms with Crippen LogP contribution >= 0.6 is 15.9 Å². The molecular formula is C12H16BrNO2. The van der Waals surface area contributed by atoms with Crippen LogP contribution in [0.15, 0.2) is 28.7 Å². The van der Waals surface area contributed by atoms with Gasteiger partial charge in [0.05, 0.1) is 0 Å². The largest absolute Gasteiger partial charge is 0.480 e. The van der Waals surface area contributed by atoms with E-state index >= 15 is 0 Å². The maximum absolute atomic E-state index is 11.1. The van der Waals surface area contributed by atoms with E-state index in [-0.39, 0.29) is 0 Å². The smallest absolute Gasteiger partial charge is 0.323 e. The van der Waals surface area contributed by atoms with Crippen molar-refractivity contribution in [2.75, 3.05) is 0 Å². The Kier molecular flexibility index (Phi) is 4.50. The second-order valence-electron chi connectivity index (χ2n) is 3.97. The lowest BCUT2D eigenvalue weighted by Gasteiger charge is -2.24. The predicted octanol–water partition coefficient (Wildman–Crippen LogP) is 2.79. The first-order valence-corrected chi connectivity index (χ1v) is 6.00. The zero-order valence-electron chi connectivity index (χ0n) is 9.46. The molecule has 1 atom stereocenters. The highest BCUT2D eigenvalue weighted by atomic mass is 79.9. The predicted molar refractivity (Wildman–Crippen MR) is 67.3 cm³/mol. The van der Waals surface area contributed by atoms with Gasteiger partial charge in [-0.1, -0.05) is 35.0 Å². The van der Waals surface area contributed by atoms with Crippen molar-refractivity contribution in [1.82, 2.24) is 5.32 Å². The maximum atomic E-state index is 11.1. The van der Waals surface area contributed by atoms with Crippen molar-refractivity contribution < 1.29 is 9.90 Å². The van der Waals surface area contributed by atoms with E-state index in [2.05, 4.69) is 21.2 Å². The van der Waals surface area contributed by atoms with E-state index < -0.39 is 11.5 Å². The maximum Gasteiger partial charge on any atom is 0.323 e. The first-order chi connectivity index (χ1) is 7.48. The van der Waals surface area contributed by atoms with E-state index in [1.807, 2.05) is 31.2 Å². The first-order valence-electron chi connectivity index (χ1n) is 5.21. The van der Waals surface area contributed by atoms with Gasteiger partial charge in [0.1, 0.15) is 5.54 Å². The van der Waals surface area contributed by atoms with Crippen molar-refractivity contribution >= 4 is 21.9 Å². The summed E-state index contributed by atoms with van der Waals surface area (Å²) in [6.07, 6.45) is 0.554. The Morgan fingerprint density at radius 3 is 2.44 bits per heavy atom. The van der Waals surface area contributed by atoms with Gasteiger partial charge in [-0.25, -0.2) is 0 Å². The molecule has 0 aliphatic rings. The number of carboxylic acids is 1. The molecule has 1 unspecified atom stereocenters. The Hall–Kier alpha value is -0.870. The van der Waals surface area contributed by atoms with Crippen LogP contribution in [-0.4, -0.2) is 16.6 Å². The molecule has 3 nitrogen and oxygen atoms in total. The van der Waals surface area contributed by atoms with Crippen molar-refractivity contribution in [1.29, 1.82) is 0 Å². The van der Waals surface area contributed by atoms with Gasteiger partial charge in [-0.05, 0) is 31.0 Å². The second kappa shape index (κ2) is 5.46. The molecule has 2 N–H and O–H groups in total. The third-order valence-corrected chi connectivity index (χ3v) is 3.30. The second-order valence-corrected chi connectivity index (χ2v) is 4.89. The quantitative estimate of drug-likeness (QED) is 0.875. The Morgan fingerprint density at radius 1 is 1.44 bits per heavy atom. The normalized spacial score (nSPS) is 14.4. The molecule has 0 aliphatic carbocycles. The molecule has 1 aromatic carbocycles. The number of carbonyl (C=O) groups is 1. The summed E-state index contributed by atoms with van der Waals surface area (Å²) >= 11 is 3.36. The topological polar surface area (TPSA) is 49.3 Å². The molecular weight excluding hydrogens is 270 g/mol. The van der Waals surface area contributed by atoms with Crippen LogP contribution in [0.1, 0.15) is 25.8 Å². The van der Waals surface area contributed by atoms with Crippen molar-refractivity contribution in [2.45, 2.75) is 32.4 Å². The molecule has 0 saturated heterocycles. The zero-order valence-corrected chi connectivity index (χ0v) is 11.0. The zero-order chi connectivity index (χ0) is 12.2. The average Bonchev–Trinajstić information content (AvgIpc) is 2.27. The van der Waals surface area contributed by atoms with E-state index in [0.29, 0.717) is 13.0 Å². The van der Waals surface area contributed by atoms with Gasteiger partial charge in [0, 0.05) is 11.0 Å². The van der Waals surface area contributed by atoms with Crippen molar-refractivity contribution in [3.63, 3.8) is 0 Å². The van der Waals surface area contributed by atoms with E-state index in [4.69, 9.17) is 5.11 Å². The van der Waals surface area contributed by atoms with E-state index in [9.17, 15) is 4.79 Å². The highest BCUT2D eigenvalue weighted by Gasteiger charge is 2.29. The van der Waals surface area contributed by atoms with Crippen LogP contribution in [0.25, 0.3) is 0 Å². The average molecular weight is 286 g/mol. The van der Waals surface area contributed by atoms with Crippen LogP contribution in [-0.2, 0) is 11.3 Å². The number of hydrogen-bond donors (Lipinski definition) is 2. The minimum Gasteiger partial charge on any atom is -0.480 e. The van der Waals surface area contributed by atoms with Crippen molar-refractivity contribution in [2.24, 2.45) is 0 Å². The Morgan fingerprint density at radius 2 is 2.00 bits per heavy atom. The first kappa shape index (κ1) is 13.2. The molecule has 0 spiro atoms.